The van der Waals surface area contributed by atoms with Crippen LogP contribution in [-0.2, 0) is 0 Å². The summed E-state index contributed by atoms with van der Waals surface area (Å²) in [6.45, 7) is 6.03. The lowest BCUT2D eigenvalue weighted by molar-refractivity contribution is 0.0787. The predicted octanol–water partition coefficient (Wildman–Crippen LogP) is 3.56. The monoisotopic (exact) mass is 410 g/mol. The lowest BCUT2D eigenvalue weighted by Crippen LogP contribution is -2.31. The van der Waals surface area contributed by atoms with Crippen molar-refractivity contribution in [2.24, 2.45) is 11.7 Å². The smallest absolute Gasteiger partial charge is 0.257 e. The van der Waals surface area contributed by atoms with Crippen molar-refractivity contribution >= 4 is 36.5 Å². The highest BCUT2D eigenvalue weighted by molar-refractivity contribution is 5.99. The topological polar surface area (TPSA) is 71.2 Å². The number of rotatable bonds is 5. The highest BCUT2D eigenvalue weighted by atomic mass is 35.5. The number of carbonyl (C=O) groups excluding carboxylic acids is 1. The van der Waals surface area contributed by atoms with Gasteiger partial charge in [0.2, 0.25) is 0 Å². The summed E-state index contributed by atoms with van der Waals surface area (Å²) in [7, 11) is 0. The van der Waals surface area contributed by atoms with E-state index in [1.54, 1.807) is 6.20 Å². The molecule has 1 aliphatic heterocycles. The fourth-order valence-corrected chi connectivity index (χ4v) is 3.49. The molecule has 0 spiro atoms. The average Bonchev–Trinajstić information content (AvgIpc) is 3.06. The van der Waals surface area contributed by atoms with Crippen LogP contribution in [0.2, 0.25) is 0 Å². The molecule has 2 atom stereocenters. The van der Waals surface area contributed by atoms with Gasteiger partial charge in [0.15, 0.2) is 0 Å². The Morgan fingerprint density at radius 2 is 1.89 bits per heavy atom. The molecule has 1 aliphatic rings. The summed E-state index contributed by atoms with van der Waals surface area (Å²) in [6, 6.07) is 14.2. The number of likely N-dealkylation sites (tertiary alicyclic amines) is 1. The molecule has 1 aromatic heterocycles. The Morgan fingerprint density at radius 3 is 2.52 bits per heavy atom. The fourth-order valence-electron chi connectivity index (χ4n) is 3.49. The largest absolute Gasteiger partial charge is 0.367 e. The van der Waals surface area contributed by atoms with Gasteiger partial charge in [0.1, 0.15) is 5.82 Å². The maximum Gasteiger partial charge on any atom is 0.257 e. The Kier molecular flexibility index (Phi) is 9.03. The van der Waals surface area contributed by atoms with E-state index in [4.69, 9.17) is 5.73 Å². The third-order valence-corrected chi connectivity index (χ3v) is 4.72. The van der Waals surface area contributed by atoms with Gasteiger partial charge in [0, 0.05) is 31.2 Å². The van der Waals surface area contributed by atoms with Gasteiger partial charge in [0.05, 0.1) is 5.56 Å². The van der Waals surface area contributed by atoms with Crippen LogP contribution in [-0.4, -0.2) is 41.5 Å². The number of nitrogens with zero attached hydrogens (tertiary/aromatic N) is 2. The van der Waals surface area contributed by atoms with E-state index >= 15 is 0 Å². The molecule has 2 heterocycles. The lowest BCUT2D eigenvalue weighted by atomic mass is 9.89. The molecule has 3 N–H and O–H groups in total. The van der Waals surface area contributed by atoms with E-state index < -0.39 is 0 Å². The molecule has 5 nitrogen and oxygen atoms in total. The van der Waals surface area contributed by atoms with Gasteiger partial charge >= 0.3 is 0 Å². The van der Waals surface area contributed by atoms with Crippen LogP contribution in [0.1, 0.15) is 35.7 Å². The molecular weight excluding hydrogens is 383 g/mol. The van der Waals surface area contributed by atoms with E-state index in [2.05, 4.69) is 22.4 Å². The third kappa shape index (κ3) is 5.34. The molecule has 1 fully saturated rings. The zero-order valence-corrected chi connectivity index (χ0v) is 17.3. The minimum Gasteiger partial charge on any atom is -0.367 e. The Labute approximate surface area is 173 Å². The minimum atomic E-state index is 0. The van der Waals surface area contributed by atoms with Crippen LogP contribution in [0, 0.1) is 5.92 Å². The van der Waals surface area contributed by atoms with Gasteiger partial charge in [0.25, 0.3) is 5.91 Å². The van der Waals surface area contributed by atoms with E-state index in [-0.39, 0.29) is 48.6 Å². The number of anilines is 1. The number of benzene rings is 1. The van der Waals surface area contributed by atoms with Crippen molar-refractivity contribution < 1.29 is 4.79 Å². The van der Waals surface area contributed by atoms with Gasteiger partial charge in [-0.2, -0.15) is 0 Å². The maximum absolute atomic E-state index is 13.1. The summed E-state index contributed by atoms with van der Waals surface area (Å²) in [5.74, 6) is 1.24. The van der Waals surface area contributed by atoms with E-state index in [0.29, 0.717) is 31.0 Å². The first-order chi connectivity index (χ1) is 12.1. The summed E-state index contributed by atoms with van der Waals surface area (Å²) >= 11 is 0. The Morgan fingerprint density at radius 1 is 1.19 bits per heavy atom. The van der Waals surface area contributed by atoms with Crippen molar-refractivity contribution in [1.82, 2.24) is 9.88 Å². The molecule has 7 heteroatoms. The highest BCUT2D eigenvalue weighted by Gasteiger charge is 2.36. The van der Waals surface area contributed by atoms with Crippen molar-refractivity contribution in [2.75, 3.05) is 25.0 Å². The molecule has 2 aromatic rings. The van der Waals surface area contributed by atoms with Gasteiger partial charge in [-0.15, -0.1) is 24.8 Å². The van der Waals surface area contributed by atoms with Gasteiger partial charge in [-0.25, -0.2) is 4.98 Å². The van der Waals surface area contributed by atoms with Gasteiger partial charge in [-0.3, -0.25) is 4.79 Å². The van der Waals surface area contributed by atoms with E-state index in [0.717, 1.165) is 0 Å². The van der Waals surface area contributed by atoms with Crippen molar-refractivity contribution in [2.45, 2.75) is 25.8 Å². The quantitative estimate of drug-likeness (QED) is 0.789. The first-order valence-electron chi connectivity index (χ1n) is 8.86. The minimum absolute atomic E-state index is 0. The van der Waals surface area contributed by atoms with E-state index in [9.17, 15) is 4.79 Å². The third-order valence-electron chi connectivity index (χ3n) is 4.72. The number of halogens is 2. The number of pyridine rings is 1. The van der Waals surface area contributed by atoms with Gasteiger partial charge in [-0.05, 0) is 44.0 Å². The molecular formula is C20H28Cl2N4O. The highest BCUT2D eigenvalue weighted by Crippen LogP contribution is 2.33. The average molecular weight is 411 g/mol. The van der Waals surface area contributed by atoms with Gasteiger partial charge < -0.3 is 16.0 Å². The molecule has 148 valence electrons. The van der Waals surface area contributed by atoms with E-state index in [1.165, 1.54) is 5.56 Å². The molecule has 1 aromatic carbocycles. The lowest BCUT2D eigenvalue weighted by Gasteiger charge is -2.19. The molecule has 1 amide bonds. The number of nitrogens with one attached hydrogen (secondary N) is 1. The van der Waals surface area contributed by atoms with Crippen molar-refractivity contribution in [3.05, 3.63) is 59.8 Å². The normalized spacial score (nSPS) is 18.6. The number of nitrogens with two attached hydrogens (primary N) is 1. The maximum atomic E-state index is 13.1. The molecule has 0 unspecified atom stereocenters. The molecule has 0 bridgehead atoms. The van der Waals surface area contributed by atoms with Crippen LogP contribution < -0.4 is 11.1 Å². The zero-order valence-electron chi connectivity index (χ0n) is 15.7. The standard InChI is InChI=1S/C20H26N4O.2ClH/c1-14(2)23-19-17(9-6-10-22-19)20(25)24-12-16(11-21)18(13-24)15-7-4-3-5-8-15;;/h3-10,14,16,18H,11-13,21H2,1-2H3,(H,22,23);2*1H/t16-,18+;;/m1../s1. The first-order valence-corrected chi connectivity index (χ1v) is 8.86. The summed E-state index contributed by atoms with van der Waals surface area (Å²) < 4.78 is 0. The second-order valence-corrected chi connectivity index (χ2v) is 6.92. The van der Waals surface area contributed by atoms with Crippen LogP contribution >= 0.6 is 24.8 Å². The van der Waals surface area contributed by atoms with Crippen molar-refractivity contribution in [1.29, 1.82) is 0 Å². The summed E-state index contributed by atoms with van der Waals surface area (Å²) in [4.78, 5) is 19.4. The van der Waals surface area contributed by atoms with Crippen molar-refractivity contribution in [3.8, 4) is 0 Å². The van der Waals surface area contributed by atoms with Crippen LogP contribution in [0.3, 0.4) is 0 Å². The zero-order chi connectivity index (χ0) is 17.8. The molecule has 0 radical (unpaired) electrons. The second kappa shape index (κ2) is 10.5. The van der Waals surface area contributed by atoms with Crippen LogP contribution in [0.4, 0.5) is 5.82 Å². The molecule has 0 aliphatic carbocycles. The van der Waals surface area contributed by atoms with Crippen molar-refractivity contribution in [3.63, 3.8) is 0 Å². The summed E-state index contributed by atoms with van der Waals surface area (Å²) in [6.07, 6.45) is 1.71. The number of amides is 1. The predicted molar refractivity (Wildman–Crippen MR) is 115 cm³/mol. The summed E-state index contributed by atoms with van der Waals surface area (Å²) in [5, 5.41) is 3.26. The molecule has 1 saturated heterocycles. The van der Waals surface area contributed by atoms with Gasteiger partial charge in [-0.1, -0.05) is 30.3 Å². The molecule has 27 heavy (non-hydrogen) atoms. The number of carbonyl (C=O) groups is 1. The molecule has 3 rings (SSSR count). The van der Waals surface area contributed by atoms with Crippen LogP contribution in [0.25, 0.3) is 0 Å². The number of hydrogen-bond donors (Lipinski definition) is 2. The Hall–Kier alpha value is -1.82. The van der Waals surface area contributed by atoms with Crippen LogP contribution in [0.5, 0.6) is 0 Å². The second-order valence-electron chi connectivity index (χ2n) is 6.92. The summed E-state index contributed by atoms with van der Waals surface area (Å²) in [5.41, 5.74) is 7.87. The van der Waals surface area contributed by atoms with E-state index in [1.807, 2.05) is 49.1 Å². The molecule has 0 saturated carbocycles. The SMILES string of the molecule is CC(C)Nc1ncccc1C(=O)N1C[C@@H](CN)[C@H](c2ccccc2)C1.Cl.Cl. The Balaban J connectivity index is 0.00000182. The Bertz CT molecular complexity index is 727. The first kappa shape index (κ1) is 23.2. The number of aromatic nitrogens is 1. The number of hydrogen-bond acceptors (Lipinski definition) is 4. The van der Waals surface area contributed by atoms with Crippen LogP contribution in [0.15, 0.2) is 48.7 Å². The fraction of sp³-hybridized carbons (Fsp3) is 0.400.